The molecule has 0 saturated heterocycles. The van der Waals surface area contributed by atoms with Crippen LogP contribution in [0.1, 0.15) is 69.5 Å². The number of hydrogen-bond acceptors (Lipinski definition) is 3. The van der Waals surface area contributed by atoms with Crippen LogP contribution in [0, 0.1) is 5.92 Å². The van der Waals surface area contributed by atoms with E-state index in [-0.39, 0.29) is 17.7 Å². The average molecular weight is 397 g/mol. The number of rotatable bonds is 8. The molecule has 1 heterocycles. The van der Waals surface area contributed by atoms with Crippen LogP contribution in [-0.4, -0.2) is 28.1 Å². The first-order valence-electron chi connectivity index (χ1n) is 10.7. The Morgan fingerprint density at radius 2 is 1.86 bits per heavy atom. The van der Waals surface area contributed by atoms with Crippen molar-refractivity contribution in [3.05, 3.63) is 47.7 Å². The zero-order chi connectivity index (χ0) is 20.6. The molecule has 6 heteroatoms. The van der Waals surface area contributed by atoms with Gasteiger partial charge in [-0.2, -0.15) is 5.10 Å². The van der Waals surface area contributed by atoms with Gasteiger partial charge in [0.05, 0.1) is 0 Å². The van der Waals surface area contributed by atoms with Crippen molar-refractivity contribution in [3.8, 4) is 0 Å². The summed E-state index contributed by atoms with van der Waals surface area (Å²) in [6, 6.07) is 11.6. The monoisotopic (exact) mass is 396 g/mol. The molecular weight excluding hydrogens is 364 g/mol. The standard InChI is InChI=1S/C23H32N4O2/c1-16(13-18-9-5-3-6-10-18)20-15-21(27-26-20)25-23(29)17(2)24-22(28)14-19-11-7-4-8-12-19/h3,5-6,9-10,15-17,19H,4,7-8,11-14H2,1-2H3,(H,24,28)(H2,25,26,27,29). The molecule has 0 bridgehead atoms. The first kappa shape index (κ1) is 21.1. The van der Waals surface area contributed by atoms with Gasteiger partial charge in [-0.1, -0.05) is 56.5 Å². The number of aromatic amines is 1. The molecule has 0 radical (unpaired) electrons. The second-order valence-corrected chi connectivity index (χ2v) is 8.29. The van der Waals surface area contributed by atoms with Crippen LogP contribution in [0.3, 0.4) is 0 Å². The molecule has 2 amide bonds. The molecule has 3 rings (SSSR count). The Bertz CT molecular complexity index is 796. The third-order valence-electron chi connectivity index (χ3n) is 5.73. The molecule has 156 valence electrons. The molecule has 3 N–H and O–H groups in total. The van der Waals surface area contributed by atoms with Gasteiger partial charge in [-0.15, -0.1) is 0 Å². The quantitative estimate of drug-likeness (QED) is 0.626. The summed E-state index contributed by atoms with van der Waals surface area (Å²) >= 11 is 0. The van der Waals surface area contributed by atoms with E-state index in [1.165, 1.54) is 24.8 Å². The largest absolute Gasteiger partial charge is 0.345 e. The smallest absolute Gasteiger partial charge is 0.247 e. The van der Waals surface area contributed by atoms with Crippen molar-refractivity contribution in [2.24, 2.45) is 5.92 Å². The van der Waals surface area contributed by atoms with Gasteiger partial charge < -0.3 is 10.6 Å². The highest BCUT2D eigenvalue weighted by molar-refractivity contribution is 5.96. The van der Waals surface area contributed by atoms with E-state index in [0.29, 0.717) is 18.2 Å². The first-order chi connectivity index (χ1) is 14.0. The summed E-state index contributed by atoms with van der Waals surface area (Å²) in [5, 5.41) is 12.8. The maximum atomic E-state index is 12.4. The zero-order valence-electron chi connectivity index (χ0n) is 17.4. The van der Waals surface area contributed by atoms with E-state index in [2.05, 4.69) is 39.9 Å². The number of benzene rings is 1. The van der Waals surface area contributed by atoms with Crippen molar-refractivity contribution in [3.63, 3.8) is 0 Å². The van der Waals surface area contributed by atoms with Crippen LogP contribution in [0.15, 0.2) is 36.4 Å². The maximum absolute atomic E-state index is 12.4. The van der Waals surface area contributed by atoms with Crippen molar-refractivity contribution in [1.29, 1.82) is 0 Å². The van der Waals surface area contributed by atoms with Crippen LogP contribution in [0.5, 0.6) is 0 Å². The Labute approximate surface area is 172 Å². The number of H-pyrrole nitrogens is 1. The maximum Gasteiger partial charge on any atom is 0.247 e. The van der Waals surface area contributed by atoms with E-state index in [4.69, 9.17) is 0 Å². The predicted molar refractivity (Wildman–Crippen MR) is 115 cm³/mol. The lowest BCUT2D eigenvalue weighted by atomic mass is 9.87. The van der Waals surface area contributed by atoms with E-state index in [1.807, 2.05) is 24.3 Å². The molecule has 2 unspecified atom stereocenters. The van der Waals surface area contributed by atoms with Gasteiger partial charge in [0.15, 0.2) is 5.82 Å². The van der Waals surface area contributed by atoms with Crippen LogP contribution < -0.4 is 10.6 Å². The Kier molecular flexibility index (Phi) is 7.44. The molecule has 0 aliphatic heterocycles. The second-order valence-electron chi connectivity index (χ2n) is 8.29. The van der Waals surface area contributed by atoms with Crippen LogP contribution in [0.4, 0.5) is 5.82 Å². The Morgan fingerprint density at radius 3 is 2.59 bits per heavy atom. The minimum atomic E-state index is -0.590. The number of aromatic nitrogens is 2. The van der Waals surface area contributed by atoms with Crippen LogP contribution in [-0.2, 0) is 16.0 Å². The topological polar surface area (TPSA) is 86.9 Å². The molecule has 0 spiro atoms. The lowest BCUT2D eigenvalue weighted by molar-refractivity contribution is -0.127. The fourth-order valence-corrected chi connectivity index (χ4v) is 3.98. The fraction of sp³-hybridized carbons (Fsp3) is 0.522. The van der Waals surface area contributed by atoms with Crippen molar-refractivity contribution >= 4 is 17.6 Å². The van der Waals surface area contributed by atoms with Crippen LogP contribution in [0.25, 0.3) is 0 Å². The van der Waals surface area contributed by atoms with Gasteiger partial charge >= 0.3 is 0 Å². The van der Waals surface area contributed by atoms with E-state index in [0.717, 1.165) is 25.0 Å². The Balaban J connectivity index is 1.46. The molecule has 6 nitrogen and oxygen atoms in total. The van der Waals surface area contributed by atoms with Crippen LogP contribution in [0.2, 0.25) is 0 Å². The van der Waals surface area contributed by atoms with Gasteiger partial charge in [0, 0.05) is 24.1 Å². The number of hydrogen-bond donors (Lipinski definition) is 3. The minimum absolute atomic E-state index is 0.0428. The number of anilines is 1. The molecule has 1 aliphatic rings. The molecular formula is C23H32N4O2. The second kappa shape index (κ2) is 10.2. The Morgan fingerprint density at radius 1 is 1.14 bits per heavy atom. The highest BCUT2D eigenvalue weighted by Crippen LogP contribution is 2.26. The summed E-state index contributed by atoms with van der Waals surface area (Å²) in [6.45, 7) is 3.83. The molecule has 1 aromatic heterocycles. The van der Waals surface area contributed by atoms with Gasteiger partial charge in [0.25, 0.3) is 0 Å². The van der Waals surface area contributed by atoms with E-state index >= 15 is 0 Å². The third-order valence-corrected chi connectivity index (χ3v) is 5.73. The third kappa shape index (κ3) is 6.44. The lowest BCUT2D eigenvalue weighted by Gasteiger charge is -2.21. The highest BCUT2D eigenvalue weighted by Gasteiger charge is 2.21. The number of carbonyl (C=O) groups is 2. The number of nitrogens with one attached hydrogen (secondary N) is 3. The normalized spacial score (nSPS) is 16.8. The van der Waals surface area contributed by atoms with Crippen molar-refractivity contribution in [1.82, 2.24) is 15.5 Å². The minimum Gasteiger partial charge on any atom is -0.345 e. The Hall–Kier alpha value is -2.63. The molecule has 2 atom stereocenters. The van der Waals surface area contributed by atoms with Crippen LogP contribution >= 0.6 is 0 Å². The summed E-state index contributed by atoms with van der Waals surface area (Å²) in [5.41, 5.74) is 2.23. The number of amides is 2. The van der Waals surface area contributed by atoms with Gasteiger partial charge in [-0.25, -0.2) is 0 Å². The highest BCUT2D eigenvalue weighted by atomic mass is 16.2. The molecule has 1 fully saturated rings. The van der Waals surface area contributed by atoms with Gasteiger partial charge in [0.2, 0.25) is 11.8 Å². The summed E-state index contributed by atoms with van der Waals surface area (Å²) in [7, 11) is 0. The molecule has 1 aliphatic carbocycles. The van der Waals surface area contributed by atoms with E-state index in [9.17, 15) is 9.59 Å². The van der Waals surface area contributed by atoms with E-state index < -0.39 is 6.04 Å². The number of carbonyl (C=O) groups excluding carboxylic acids is 2. The molecule has 1 aromatic carbocycles. The zero-order valence-corrected chi connectivity index (χ0v) is 17.4. The summed E-state index contributed by atoms with van der Waals surface area (Å²) in [6.07, 6.45) is 7.32. The molecule has 29 heavy (non-hydrogen) atoms. The van der Waals surface area contributed by atoms with Crippen molar-refractivity contribution in [2.75, 3.05) is 5.32 Å². The van der Waals surface area contributed by atoms with Gasteiger partial charge in [0.1, 0.15) is 6.04 Å². The summed E-state index contributed by atoms with van der Waals surface area (Å²) in [5.74, 6) is 0.898. The summed E-state index contributed by atoms with van der Waals surface area (Å²) < 4.78 is 0. The van der Waals surface area contributed by atoms with Gasteiger partial charge in [-0.3, -0.25) is 14.7 Å². The van der Waals surface area contributed by atoms with Crippen molar-refractivity contribution < 1.29 is 9.59 Å². The lowest BCUT2D eigenvalue weighted by Crippen LogP contribution is -2.42. The number of nitrogens with zero attached hydrogens (tertiary/aromatic N) is 1. The SMILES string of the molecule is CC(NC(=O)CC1CCCCC1)C(=O)Nc1cc(C(C)Cc2ccccc2)[nH]n1. The molecule has 2 aromatic rings. The fourth-order valence-electron chi connectivity index (χ4n) is 3.98. The molecule has 1 saturated carbocycles. The van der Waals surface area contributed by atoms with Crippen molar-refractivity contribution in [2.45, 2.75) is 70.8 Å². The van der Waals surface area contributed by atoms with Gasteiger partial charge in [-0.05, 0) is 37.7 Å². The first-order valence-corrected chi connectivity index (χ1v) is 10.7. The predicted octanol–water partition coefficient (Wildman–Crippen LogP) is 4.17. The average Bonchev–Trinajstić information content (AvgIpc) is 3.18. The van der Waals surface area contributed by atoms with E-state index in [1.54, 1.807) is 6.92 Å². The summed E-state index contributed by atoms with van der Waals surface area (Å²) in [4.78, 5) is 24.7.